The number of aromatic nitrogens is 1. The number of methoxy groups -OCH3 is 1. The van der Waals surface area contributed by atoms with Crippen LogP contribution in [0.2, 0.25) is 0 Å². The molecule has 0 bridgehead atoms. The summed E-state index contributed by atoms with van der Waals surface area (Å²) in [6, 6.07) is 5.43. The van der Waals surface area contributed by atoms with Crippen LogP contribution in [0.4, 0.5) is 0 Å². The third kappa shape index (κ3) is 1.99. The molecule has 0 aliphatic carbocycles. The highest BCUT2D eigenvalue weighted by atomic mass is 16.5. The third-order valence-corrected chi connectivity index (χ3v) is 2.40. The van der Waals surface area contributed by atoms with E-state index in [0.717, 1.165) is 5.56 Å². The van der Waals surface area contributed by atoms with Crippen molar-refractivity contribution in [1.82, 2.24) is 5.16 Å². The molecule has 0 atom stereocenters. The SMILES string of the molecule is COc1ccc(C)cc1-c1oncc1C(=O)O. The van der Waals surface area contributed by atoms with E-state index in [0.29, 0.717) is 11.3 Å². The molecule has 17 heavy (non-hydrogen) atoms. The van der Waals surface area contributed by atoms with Crippen LogP contribution in [0.1, 0.15) is 15.9 Å². The summed E-state index contributed by atoms with van der Waals surface area (Å²) in [5.74, 6) is -0.322. The summed E-state index contributed by atoms with van der Waals surface area (Å²) in [6.45, 7) is 1.90. The zero-order chi connectivity index (χ0) is 12.4. The van der Waals surface area contributed by atoms with Crippen LogP contribution in [0, 0.1) is 6.92 Å². The van der Waals surface area contributed by atoms with Gasteiger partial charge < -0.3 is 14.4 Å². The van der Waals surface area contributed by atoms with Gasteiger partial charge in [0.2, 0.25) is 0 Å². The van der Waals surface area contributed by atoms with Crippen LogP contribution in [-0.4, -0.2) is 23.3 Å². The molecule has 2 rings (SSSR count). The van der Waals surface area contributed by atoms with Gasteiger partial charge in [-0.3, -0.25) is 0 Å². The van der Waals surface area contributed by atoms with E-state index in [2.05, 4.69) is 5.16 Å². The maximum absolute atomic E-state index is 11.0. The normalized spacial score (nSPS) is 10.2. The van der Waals surface area contributed by atoms with E-state index in [9.17, 15) is 4.79 Å². The first kappa shape index (κ1) is 11.2. The molecule has 1 heterocycles. The first-order valence-corrected chi connectivity index (χ1v) is 4.96. The number of carboxylic acid groups (broad SMARTS) is 1. The number of rotatable bonds is 3. The zero-order valence-electron chi connectivity index (χ0n) is 9.43. The Kier molecular flexibility index (Phi) is 2.82. The first-order chi connectivity index (χ1) is 8.13. The number of aromatic carboxylic acids is 1. The average Bonchev–Trinajstić information content (AvgIpc) is 2.77. The molecular weight excluding hydrogens is 222 g/mol. The molecule has 1 aromatic heterocycles. The van der Waals surface area contributed by atoms with E-state index < -0.39 is 5.97 Å². The molecule has 0 aliphatic heterocycles. The number of carbonyl (C=O) groups is 1. The summed E-state index contributed by atoms with van der Waals surface area (Å²) in [5.41, 5.74) is 1.59. The molecule has 0 saturated heterocycles. The molecule has 1 aromatic carbocycles. The fourth-order valence-corrected chi connectivity index (χ4v) is 1.59. The Hall–Kier alpha value is -2.30. The largest absolute Gasteiger partial charge is 0.496 e. The molecule has 88 valence electrons. The molecule has 0 radical (unpaired) electrons. The van der Waals surface area contributed by atoms with Gasteiger partial charge in [0, 0.05) is 0 Å². The number of benzene rings is 1. The Morgan fingerprint density at radius 3 is 2.88 bits per heavy atom. The Morgan fingerprint density at radius 2 is 2.24 bits per heavy atom. The number of hydrogen-bond acceptors (Lipinski definition) is 4. The summed E-state index contributed by atoms with van der Waals surface area (Å²) in [6.07, 6.45) is 1.18. The van der Waals surface area contributed by atoms with Gasteiger partial charge in [-0.05, 0) is 19.1 Å². The highest BCUT2D eigenvalue weighted by Gasteiger charge is 2.20. The van der Waals surface area contributed by atoms with Gasteiger partial charge in [-0.1, -0.05) is 16.8 Å². The molecule has 2 aromatic rings. The summed E-state index contributed by atoms with van der Waals surface area (Å²) in [4.78, 5) is 11.0. The fraction of sp³-hybridized carbons (Fsp3) is 0.167. The van der Waals surface area contributed by atoms with Gasteiger partial charge in [0.15, 0.2) is 5.76 Å². The smallest absolute Gasteiger partial charge is 0.341 e. The monoisotopic (exact) mass is 233 g/mol. The second kappa shape index (κ2) is 4.29. The highest BCUT2D eigenvalue weighted by molar-refractivity contribution is 5.94. The van der Waals surface area contributed by atoms with E-state index in [1.807, 2.05) is 13.0 Å². The lowest BCUT2D eigenvalue weighted by Crippen LogP contribution is -1.97. The number of aryl methyl sites for hydroxylation is 1. The van der Waals surface area contributed by atoms with Crippen molar-refractivity contribution in [2.75, 3.05) is 7.11 Å². The van der Waals surface area contributed by atoms with Crippen molar-refractivity contribution in [3.63, 3.8) is 0 Å². The van der Waals surface area contributed by atoms with Crippen LogP contribution in [0.15, 0.2) is 28.9 Å². The topological polar surface area (TPSA) is 72.6 Å². The van der Waals surface area contributed by atoms with Crippen molar-refractivity contribution in [2.24, 2.45) is 0 Å². The van der Waals surface area contributed by atoms with E-state index in [1.165, 1.54) is 13.3 Å². The van der Waals surface area contributed by atoms with Crippen molar-refractivity contribution in [1.29, 1.82) is 0 Å². The quantitative estimate of drug-likeness (QED) is 0.880. The maximum atomic E-state index is 11.0. The van der Waals surface area contributed by atoms with Crippen molar-refractivity contribution in [3.8, 4) is 17.1 Å². The van der Waals surface area contributed by atoms with Crippen LogP contribution in [-0.2, 0) is 0 Å². The molecule has 0 aliphatic rings. The Labute approximate surface area is 97.6 Å². The lowest BCUT2D eigenvalue weighted by atomic mass is 10.1. The Morgan fingerprint density at radius 1 is 1.47 bits per heavy atom. The van der Waals surface area contributed by atoms with Crippen molar-refractivity contribution >= 4 is 5.97 Å². The molecule has 0 amide bonds. The number of hydrogen-bond donors (Lipinski definition) is 1. The average molecular weight is 233 g/mol. The van der Waals surface area contributed by atoms with Crippen LogP contribution >= 0.6 is 0 Å². The maximum Gasteiger partial charge on any atom is 0.341 e. The van der Waals surface area contributed by atoms with Gasteiger partial charge in [-0.15, -0.1) is 0 Å². The van der Waals surface area contributed by atoms with E-state index in [4.69, 9.17) is 14.4 Å². The van der Waals surface area contributed by atoms with Crippen LogP contribution < -0.4 is 4.74 Å². The van der Waals surface area contributed by atoms with Crippen molar-refractivity contribution in [3.05, 3.63) is 35.5 Å². The fourth-order valence-electron chi connectivity index (χ4n) is 1.59. The molecule has 0 unspecified atom stereocenters. The van der Waals surface area contributed by atoms with E-state index in [-0.39, 0.29) is 11.3 Å². The van der Waals surface area contributed by atoms with Crippen LogP contribution in [0.3, 0.4) is 0 Å². The van der Waals surface area contributed by atoms with Gasteiger partial charge in [0.1, 0.15) is 11.3 Å². The Bertz CT molecular complexity index is 559. The molecular formula is C12H11NO4. The minimum atomic E-state index is -1.08. The molecule has 0 fully saturated rings. The molecule has 0 saturated carbocycles. The van der Waals surface area contributed by atoms with Gasteiger partial charge >= 0.3 is 5.97 Å². The van der Waals surface area contributed by atoms with Gasteiger partial charge in [-0.2, -0.15) is 0 Å². The number of carboxylic acids is 1. The molecule has 1 N–H and O–H groups in total. The molecule has 5 nitrogen and oxygen atoms in total. The van der Waals surface area contributed by atoms with Gasteiger partial charge in [0.25, 0.3) is 0 Å². The lowest BCUT2D eigenvalue weighted by molar-refractivity contribution is 0.0697. The van der Waals surface area contributed by atoms with Crippen molar-refractivity contribution in [2.45, 2.75) is 6.92 Å². The second-order valence-electron chi connectivity index (χ2n) is 3.58. The standard InChI is InChI=1S/C12H11NO4/c1-7-3-4-10(16-2)8(5-7)11-9(12(14)15)6-13-17-11/h3-6H,1-2H3,(H,14,15). The van der Waals surface area contributed by atoms with Gasteiger partial charge in [0.05, 0.1) is 18.9 Å². The van der Waals surface area contributed by atoms with E-state index in [1.54, 1.807) is 12.1 Å². The molecule has 0 spiro atoms. The minimum absolute atomic E-state index is 0.0221. The predicted octanol–water partition coefficient (Wildman–Crippen LogP) is 2.36. The van der Waals surface area contributed by atoms with Crippen LogP contribution in [0.5, 0.6) is 5.75 Å². The summed E-state index contributed by atoms with van der Waals surface area (Å²) >= 11 is 0. The first-order valence-electron chi connectivity index (χ1n) is 4.96. The highest BCUT2D eigenvalue weighted by Crippen LogP contribution is 2.33. The molecule has 5 heteroatoms. The summed E-state index contributed by atoms with van der Waals surface area (Å²) in [7, 11) is 1.52. The van der Waals surface area contributed by atoms with E-state index >= 15 is 0 Å². The summed E-state index contributed by atoms with van der Waals surface area (Å²) in [5, 5.41) is 12.5. The minimum Gasteiger partial charge on any atom is -0.496 e. The predicted molar refractivity (Wildman–Crippen MR) is 60.2 cm³/mol. The number of nitrogens with zero attached hydrogens (tertiary/aromatic N) is 1. The van der Waals surface area contributed by atoms with Crippen molar-refractivity contribution < 1.29 is 19.2 Å². The zero-order valence-corrected chi connectivity index (χ0v) is 9.43. The number of ether oxygens (including phenoxy) is 1. The third-order valence-electron chi connectivity index (χ3n) is 2.40. The Balaban J connectivity index is 2.63. The van der Waals surface area contributed by atoms with Gasteiger partial charge in [-0.25, -0.2) is 4.79 Å². The summed E-state index contributed by atoms with van der Waals surface area (Å²) < 4.78 is 10.2. The van der Waals surface area contributed by atoms with Crippen LogP contribution in [0.25, 0.3) is 11.3 Å². The lowest BCUT2D eigenvalue weighted by Gasteiger charge is -2.07. The second-order valence-corrected chi connectivity index (χ2v) is 3.58.